The molecule has 184 valence electrons. The molecule has 0 atom stereocenters. The minimum absolute atomic E-state index is 0.0177. The lowest BCUT2D eigenvalue weighted by molar-refractivity contribution is -0.384. The first-order valence-electron chi connectivity index (χ1n) is 11.3. The molecule has 4 rings (SSSR count). The molecule has 0 spiro atoms. The molecule has 2 heterocycles. The number of anilines is 1. The number of thioether (sulfide) groups is 1. The Labute approximate surface area is 206 Å². The monoisotopic (exact) mass is 498 g/mol. The highest BCUT2D eigenvalue weighted by Crippen LogP contribution is 2.40. The minimum atomic E-state index is -0.454. The van der Waals surface area contributed by atoms with Crippen molar-refractivity contribution < 1.29 is 23.9 Å². The van der Waals surface area contributed by atoms with E-state index in [2.05, 4.69) is 10.4 Å². The lowest BCUT2D eigenvalue weighted by Gasteiger charge is -2.17. The standard InChI is InChI=1S/C24H26N4O6S/c1-4-32-20-11-15(12-21(33-5-2)22(20)34-6-3)24(29)25-23-18-13-35-14-19(18)26-27(23)16-7-9-17(10-8-16)28(30)31/h7-12H,4-6,13-14H2,1-3H3,(H,25,29). The molecule has 1 aliphatic heterocycles. The predicted octanol–water partition coefficient (Wildman–Crippen LogP) is 4.98. The Balaban J connectivity index is 1.71. The van der Waals surface area contributed by atoms with Crippen molar-refractivity contribution in [2.24, 2.45) is 0 Å². The number of fused-ring (bicyclic) bond motifs is 1. The van der Waals surface area contributed by atoms with E-state index in [1.807, 2.05) is 20.8 Å². The zero-order chi connectivity index (χ0) is 24.9. The molecule has 10 nitrogen and oxygen atoms in total. The average molecular weight is 499 g/mol. The third-order valence-electron chi connectivity index (χ3n) is 5.26. The highest BCUT2D eigenvalue weighted by molar-refractivity contribution is 7.98. The van der Waals surface area contributed by atoms with Crippen molar-refractivity contribution in [3.63, 3.8) is 0 Å². The van der Waals surface area contributed by atoms with Gasteiger partial charge in [0.1, 0.15) is 5.82 Å². The van der Waals surface area contributed by atoms with Crippen molar-refractivity contribution in [3.05, 3.63) is 63.3 Å². The Morgan fingerprint density at radius 2 is 1.69 bits per heavy atom. The summed E-state index contributed by atoms with van der Waals surface area (Å²) in [4.78, 5) is 24.0. The van der Waals surface area contributed by atoms with Gasteiger partial charge in [0.2, 0.25) is 5.75 Å². The quantitative estimate of drug-likeness (QED) is 0.307. The molecule has 3 aromatic rings. The van der Waals surface area contributed by atoms with Crippen molar-refractivity contribution in [2.45, 2.75) is 32.3 Å². The second-order valence-corrected chi connectivity index (χ2v) is 8.49. The number of hydrogen-bond acceptors (Lipinski definition) is 8. The molecule has 0 radical (unpaired) electrons. The molecular formula is C24H26N4O6S. The number of ether oxygens (including phenoxy) is 3. The maximum absolute atomic E-state index is 13.4. The molecule has 35 heavy (non-hydrogen) atoms. The zero-order valence-electron chi connectivity index (χ0n) is 19.7. The fourth-order valence-corrected chi connectivity index (χ4v) is 4.78. The van der Waals surface area contributed by atoms with E-state index in [0.29, 0.717) is 59.9 Å². The number of non-ortho nitro benzene ring substituents is 1. The first-order chi connectivity index (χ1) is 17.0. The van der Waals surface area contributed by atoms with Gasteiger partial charge in [0.05, 0.1) is 36.1 Å². The summed E-state index contributed by atoms with van der Waals surface area (Å²) in [7, 11) is 0. The van der Waals surface area contributed by atoms with Gasteiger partial charge in [-0.25, -0.2) is 4.68 Å². The van der Waals surface area contributed by atoms with E-state index >= 15 is 0 Å². The Morgan fingerprint density at radius 1 is 1.06 bits per heavy atom. The summed E-state index contributed by atoms with van der Waals surface area (Å²) < 4.78 is 18.8. The Hall–Kier alpha value is -3.73. The van der Waals surface area contributed by atoms with E-state index in [9.17, 15) is 14.9 Å². The van der Waals surface area contributed by atoms with Gasteiger partial charge in [0, 0.05) is 34.8 Å². The predicted molar refractivity (Wildman–Crippen MR) is 133 cm³/mol. The number of hydrogen-bond donors (Lipinski definition) is 1. The summed E-state index contributed by atoms with van der Waals surface area (Å²) in [6, 6.07) is 9.32. The fourth-order valence-electron chi connectivity index (χ4n) is 3.74. The maximum atomic E-state index is 13.4. The van der Waals surface area contributed by atoms with E-state index in [1.165, 1.54) is 12.1 Å². The molecule has 0 unspecified atom stereocenters. The number of benzene rings is 2. The summed E-state index contributed by atoms with van der Waals surface area (Å²) in [5.41, 5.74) is 2.75. The summed E-state index contributed by atoms with van der Waals surface area (Å²) in [6.07, 6.45) is 0. The summed E-state index contributed by atoms with van der Waals surface area (Å²) in [5, 5.41) is 18.7. The van der Waals surface area contributed by atoms with Crippen molar-refractivity contribution in [2.75, 3.05) is 25.1 Å². The van der Waals surface area contributed by atoms with Gasteiger partial charge >= 0.3 is 0 Å². The van der Waals surface area contributed by atoms with Crippen LogP contribution in [0.1, 0.15) is 42.4 Å². The number of nitrogens with one attached hydrogen (secondary N) is 1. The number of rotatable bonds is 10. The Bertz CT molecular complexity index is 1210. The second kappa shape index (κ2) is 10.7. The number of carbonyl (C=O) groups excluding carboxylic acids is 1. The lowest BCUT2D eigenvalue weighted by Crippen LogP contribution is -2.17. The van der Waals surface area contributed by atoms with Gasteiger partial charge in [-0.3, -0.25) is 14.9 Å². The van der Waals surface area contributed by atoms with Crippen LogP contribution in [0.15, 0.2) is 36.4 Å². The first-order valence-corrected chi connectivity index (χ1v) is 12.4. The van der Waals surface area contributed by atoms with Crippen LogP contribution in [0, 0.1) is 10.1 Å². The number of carbonyl (C=O) groups is 1. The maximum Gasteiger partial charge on any atom is 0.269 e. The fraction of sp³-hybridized carbons (Fsp3) is 0.333. The van der Waals surface area contributed by atoms with Crippen LogP contribution in [0.2, 0.25) is 0 Å². The van der Waals surface area contributed by atoms with Gasteiger partial charge in [-0.2, -0.15) is 16.9 Å². The van der Waals surface area contributed by atoms with E-state index < -0.39 is 4.92 Å². The molecule has 0 bridgehead atoms. The van der Waals surface area contributed by atoms with Gasteiger partial charge in [-0.1, -0.05) is 0 Å². The van der Waals surface area contributed by atoms with E-state index in [-0.39, 0.29) is 11.6 Å². The van der Waals surface area contributed by atoms with Crippen LogP contribution in [0.4, 0.5) is 11.5 Å². The molecule has 1 amide bonds. The van der Waals surface area contributed by atoms with E-state index in [0.717, 1.165) is 17.0 Å². The van der Waals surface area contributed by atoms with Gasteiger partial charge in [0.25, 0.3) is 11.6 Å². The summed E-state index contributed by atoms with van der Waals surface area (Å²) in [5.74, 6) is 2.91. The third kappa shape index (κ3) is 5.04. The topological polar surface area (TPSA) is 118 Å². The summed E-state index contributed by atoms with van der Waals surface area (Å²) in [6.45, 7) is 6.79. The van der Waals surface area contributed by atoms with E-state index in [4.69, 9.17) is 14.2 Å². The Kier molecular flexibility index (Phi) is 7.45. The van der Waals surface area contributed by atoms with E-state index in [1.54, 1.807) is 40.7 Å². The molecule has 0 saturated carbocycles. The normalized spacial score (nSPS) is 12.2. The van der Waals surface area contributed by atoms with Crippen LogP contribution in [0.3, 0.4) is 0 Å². The minimum Gasteiger partial charge on any atom is -0.490 e. The number of nitro groups is 1. The molecule has 1 N–H and O–H groups in total. The van der Waals surface area contributed by atoms with Crippen LogP contribution in [0.5, 0.6) is 17.2 Å². The van der Waals surface area contributed by atoms with Crippen molar-refractivity contribution in [1.82, 2.24) is 9.78 Å². The van der Waals surface area contributed by atoms with Crippen LogP contribution in [-0.2, 0) is 11.5 Å². The summed E-state index contributed by atoms with van der Waals surface area (Å²) >= 11 is 1.71. The van der Waals surface area contributed by atoms with Crippen molar-refractivity contribution in [1.29, 1.82) is 0 Å². The zero-order valence-corrected chi connectivity index (χ0v) is 20.5. The highest BCUT2D eigenvalue weighted by Gasteiger charge is 2.26. The van der Waals surface area contributed by atoms with Gasteiger partial charge in [-0.05, 0) is 45.0 Å². The third-order valence-corrected chi connectivity index (χ3v) is 6.23. The van der Waals surface area contributed by atoms with Gasteiger partial charge < -0.3 is 19.5 Å². The number of aromatic nitrogens is 2. The molecule has 2 aromatic carbocycles. The van der Waals surface area contributed by atoms with Gasteiger partial charge in [-0.15, -0.1) is 0 Å². The number of nitrogens with zero attached hydrogens (tertiary/aromatic N) is 3. The molecule has 11 heteroatoms. The first kappa shape index (κ1) is 24.4. The average Bonchev–Trinajstić information content (AvgIpc) is 3.44. The molecule has 0 aliphatic carbocycles. The smallest absolute Gasteiger partial charge is 0.269 e. The van der Waals surface area contributed by atoms with Crippen LogP contribution in [0.25, 0.3) is 5.69 Å². The molecule has 0 saturated heterocycles. The number of amides is 1. The largest absolute Gasteiger partial charge is 0.490 e. The molecule has 1 aromatic heterocycles. The van der Waals surface area contributed by atoms with Crippen LogP contribution < -0.4 is 19.5 Å². The number of nitro benzene ring substituents is 1. The molecule has 0 fully saturated rings. The van der Waals surface area contributed by atoms with Crippen LogP contribution in [-0.4, -0.2) is 40.4 Å². The molecule has 1 aliphatic rings. The van der Waals surface area contributed by atoms with Crippen LogP contribution >= 0.6 is 11.8 Å². The van der Waals surface area contributed by atoms with Gasteiger partial charge in [0.15, 0.2) is 11.5 Å². The SMILES string of the molecule is CCOc1cc(C(=O)Nc2c3c(nn2-c2ccc([N+](=O)[O-])cc2)CSC3)cc(OCC)c1OCC. The van der Waals surface area contributed by atoms with Crippen molar-refractivity contribution in [3.8, 4) is 22.9 Å². The molecular weight excluding hydrogens is 472 g/mol. The second-order valence-electron chi connectivity index (χ2n) is 7.51. The highest BCUT2D eigenvalue weighted by atomic mass is 32.2. The Morgan fingerprint density at radius 3 is 2.26 bits per heavy atom. The van der Waals surface area contributed by atoms with Crippen molar-refractivity contribution >= 4 is 29.2 Å². The lowest BCUT2D eigenvalue weighted by atomic mass is 10.1.